The van der Waals surface area contributed by atoms with Gasteiger partial charge in [-0.15, -0.1) is 11.3 Å². The molecule has 0 saturated carbocycles. The van der Waals surface area contributed by atoms with Gasteiger partial charge in [-0.25, -0.2) is 13.4 Å². The summed E-state index contributed by atoms with van der Waals surface area (Å²) in [5.41, 5.74) is 4.70. The lowest BCUT2D eigenvalue weighted by Gasteiger charge is -2.33. The Labute approximate surface area is 191 Å². The van der Waals surface area contributed by atoms with Gasteiger partial charge in [0.2, 0.25) is 10.0 Å². The Bertz CT molecular complexity index is 1230. The van der Waals surface area contributed by atoms with Crippen LogP contribution in [0.15, 0.2) is 52.7 Å². The first-order valence-electron chi connectivity index (χ1n) is 10.2. The van der Waals surface area contributed by atoms with Crippen LogP contribution >= 0.6 is 11.3 Å². The number of aryl methyl sites for hydroxylation is 1. The second kappa shape index (κ2) is 8.97. The molecule has 1 fully saturated rings. The third-order valence-electron chi connectivity index (χ3n) is 5.82. The molecule has 2 aromatic carbocycles. The Morgan fingerprint density at radius 1 is 1.06 bits per heavy atom. The van der Waals surface area contributed by atoms with Gasteiger partial charge in [0.25, 0.3) is 5.69 Å². The molecule has 0 radical (unpaired) electrons. The predicted octanol–water partition coefficient (Wildman–Crippen LogP) is 3.77. The summed E-state index contributed by atoms with van der Waals surface area (Å²) in [5.74, 6) is 0. The van der Waals surface area contributed by atoms with E-state index in [1.54, 1.807) is 11.3 Å². The highest BCUT2D eigenvalue weighted by atomic mass is 32.2. The maximum atomic E-state index is 12.9. The van der Waals surface area contributed by atoms with E-state index in [4.69, 9.17) is 4.98 Å². The number of rotatable bonds is 6. The topological polar surface area (TPSA) is 96.7 Å². The van der Waals surface area contributed by atoms with Crippen molar-refractivity contribution in [3.8, 4) is 0 Å². The maximum Gasteiger partial charge on any atom is 0.269 e. The Morgan fingerprint density at radius 2 is 1.75 bits per heavy atom. The zero-order valence-corrected chi connectivity index (χ0v) is 19.5. The van der Waals surface area contributed by atoms with Crippen LogP contribution in [0.25, 0.3) is 0 Å². The van der Waals surface area contributed by atoms with E-state index in [2.05, 4.69) is 42.3 Å². The van der Waals surface area contributed by atoms with Gasteiger partial charge in [0.1, 0.15) is 0 Å². The van der Waals surface area contributed by atoms with Crippen molar-refractivity contribution in [1.29, 1.82) is 0 Å². The number of thiazole rings is 1. The van der Waals surface area contributed by atoms with Crippen LogP contribution in [0.4, 0.5) is 10.8 Å². The van der Waals surface area contributed by atoms with Crippen molar-refractivity contribution < 1.29 is 13.3 Å². The Morgan fingerprint density at radius 3 is 2.41 bits per heavy atom. The second-order valence-corrected chi connectivity index (χ2v) is 10.6. The van der Waals surface area contributed by atoms with E-state index in [9.17, 15) is 18.5 Å². The van der Waals surface area contributed by atoms with Crippen LogP contribution in [0.1, 0.15) is 22.4 Å². The number of hydrogen-bond donors (Lipinski definition) is 0. The lowest BCUT2D eigenvalue weighted by atomic mass is 10.0. The summed E-state index contributed by atoms with van der Waals surface area (Å²) in [4.78, 5) is 17.2. The van der Waals surface area contributed by atoms with E-state index >= 15 is 0 Å². The second-order valence-electron chi connectivity index (χ2n) is 7.80. The van der Waals surface area contributed by atoms with Crippen LogP contribution in [0.5, 0.6) is 0 Å². The van der Waals surface area contributed by atoms with Crippen LogP contribution < -0.4 is 4.90 Å². The number of sulfonamides is 1. The minimum absolute atomic E-state index is 0.0709. The number of hydrogen-bond acceptors (Lipinski definition) is 7. The molecule has 3 aromatic rings. The Kier molecular flexibility index (Phi) is 6.27. The van der Waals surface area contributed by atoms with Crippen LogP contribution in [0, 0.1) is 24.0 Å². The van der Waals surface area contributed by atoms with Crippen molar-refractivity contribution in [3.05, 3.63) is 80.3 Å². The van der Waals surface area contributed by atoms with E-state index in [0.717, 1.165) is 17.2 Å². The summed E-state index contributed by atoms with van der Waals surface area (Å²) >= 11 is 1.58. The summed E-state index contributed by atoms with van der Waals surface area (Å²) in [5, 5.41) is 13.8. The van der Waals surface area contributed by atoms with Gasteiger partial charge in [-0.3, -0.25) is 10.1 Å². The van der Waals surface area contributed by atoms with Crippen LogP contribution in [0.3, 0.4) is 0 Å². The first kappa shape index (κ1) is 22.4. The Hall–Kier alpha value is -2.82. The number of nitro groups is 1. The molecule has 1 aromatic heterocycles. The zero-order valence-electron chi connectivity index (χ0n) is 17.9. The summed E-state index contributed by atoms with van der Waals surface area (Å²) in [6.07, 6.45) is 0.776. The van der Waals surface area contributed by atoms with E-state index in [0.29, 0.717) is 26.2 Å². The molecule has 8 nitrogen and oxygen atoms in total. The molecule has 1 saturated heterocycles. The summed E-state index contributed by atoms with van der Waals surface area (Å²) < 4.78 is 27.2. The predicted molar refractivity (Wildman–Crippen MR) is 125 cm³/mol. The van der Waals surface area contributed by atoms with Crippen LogP contribution in [-0.2, 0) is 16.4 Å². The summed E-state index contributed by atoms with van der Waals surface area (Å²) in [6, 6.07) is 11.3. The van der Waals surface area contributed by atoms with Crippen molar-refractivity contribution in [1.82, 2.24) is 9.29 Å². The van der Waals surface area contributed by atoms with Gasteiger partial charge in [0, 0.05) is 50.1 Å². The first-order valence-corrected chi connectivity index (χ1v) is 12.6. The number of aromatic nitrogens is 1. The largest absolute Gasteiger partial charge is 0.345 e. The van der Waals surface area contributed by atoms with Crippen LogP contribution in [-0.4, -0.2) is 48.8 Å². The highest BCUT2D eigenvalue weighted by Gasteiger charge is 2.29. The number of nitro benzene ring substituents is 1. The molecule has 1 aliphatic heterocycles. The monoisotopic (exact) mass is 472 g/mol. The fourth-order valence-corrected chi connectivity index (χ4v) is 6.03. The minimum Gasteiger partial charge on any atom is -0.345 e. The molecular weight excluding hydrogens is 448 g/mol. The normalized spacial score (nSPS) is 15.1. The molecule has 4 rings (SSSR count). The molecule has 10 heteroatoms. The fraction of sp³-hybridized carbons (Fsp3) is 0.318. The lowest BCUT2D eigenvalue weighted by molar-refractivity contribution is -0.384. The van der Waals surface area contributed by atoms with Crippen molar-refractivity contribution in [2.24, 2.45) is 0 Å². The molecule has 1 aliphatic rings. The Balaban J connectivity index is 1.40. The molecule has 0 bridgehead atoms. The van der Waals surface area contributed by atoms with Crippen LogP contribution in [0.2, 0.25) is 0 Å². The number of piperazine rings is 1. The average molecular weight is 473 g/mol. The number of nitrogens with zero attached hydrogens (tertiary/aromatic N) is 4. The number of anilines is 1. The standard InChI is InChI=1S/C22H24N4O4S2/c1-16-4-3-5-18(17(16)2)14-19-15-31-22(23-19)24-10-12-25(13-11-24)32(29,30)21-8-6-20(7-9-21)26(27)28/h3-9,15H,10-14H2,1-2H3. The molecule has 0 N–H and O–H groups in total. The van der Waals surface area contributed by atoms with Crippen molar-refractivity contribution in [2.75, 3.05) is 31.1 Å². The van der Waals surface area contributed by atoms with Crippen molar-refractivity contribution in [2.45, 2.75) is 25.2 Å². The van der Waals surface area contributed by atoms with Crippen molar-refractivity contribution >= 4 is 32.2 Å². The quantitative estimate of drug-likeness (QED) is 0.400. The summed E-state index contributed by atoms with van der Waals surface area (Å²) in [7, 11) is -3.69. The molecule has 0 amide bonds. The first-order chi connectivity index (χ1) is 15.3. The molecule has 0 atom stereocenters. The van der Waals surface area contributed by atoms with Gasteiger partial charge in [-0.05, 0) is 42.7 Å². The van der Waals surface area contributed by atoms with E-state index in [1.807, 2.05) is 0 Å². The lowest BCUT2D eigenvalue weighted by Crippen LogP contribution is -2.48. The highest BCUT2D eigenvalue weighted by Crippen LogP contribution is 2.26. The van der Waals surface area contributed by atoms with Gasteiger partial charge in [-0.1, -0.05) is 18.2 Å². The third kappa shape index (κ3) is 4.52. The molecular formula is C22H24N4O4S2. The van der Waals surface area contributed by atoms with Gasteiger partial charge >= 0.3 is 0 Å². The smallest absolute Gasteiger partial charge is 0.269 e. The van der Waals surface area contributed by atoms with Gasteiger partial charge in [-0.2, -0.15) is 4.31 Å². The average Bonchev–Trinajstić information content (AvgIpc) is 3.25. The van der Waals surface area contributed by atoms with Crippen molar-refractivity contribution in [3.63, 3.8) is 0 Å². The van der Waals surface area contributed by atoms with Gasteiger partial charge in [0.15, 0.2) is 5.13 Å². The molecule has 2 heterocycles. The van der Waals surface area contributed by atoms with E-state index in [1.165, 1.54) is 45.3 Å². The highest BCUT2D eigenvalue weighted by molar-refractivity contribution is 7.89. The zero-order chi connectivity index (χ0) is 22.9. The summed E-state index contributed by atoms with van der Waals surface area (Å²) in [6.45, 7) is 6.00. The third-order valence-corrected chi connectivity index (χ3v) is 8.69. The molecule has 168 valence electrons. The number of non-ortho nitro benzene ring substituents is 1. The molecule has 0 aliphatic carbocycles. The number of benzene rings is 2. The van der Waals surface area contributed by atoms with Gasteiger partial charge in [0.05, 0.1) is 15.5 Å². The molecule has 0 spiro atoms. The van der Waals surface area contributed by atoms with E-state index in [-0.39, 0.29) is 10.6 Å². The SMILES string of the molecule is Cc1cccc(Cc2csc(N3CCN(S(=O)(=O)c4ccc([N+](=O)[O-])cc4)CC3)n2)c1C. The van der Waals surface area contributed by atoms with Gasteiger partial charge < -0.3 is 4.90 Å². The van der Waals surface area contributed by atoms with E-state index < -0.39 is 14.9 Å². The minimum atomic E-state index is -3.69. The molecule has 32 heavy (non-hydrogen) atoms. The fourth-order valence-electron chi connectivity index (χ4n) is 3.73. The molecule has 0 unspecified atom stereocenters. The maximum absolute atomic E-state index is 12.9.